The molecule has 0 aromatic heterocycles. The quantitative estimate of drug-likeness (QED) is 0.264. The summed E-state index contributed by atoms with van der Waals surface area (Å²) >= 11 is 0. The second-order valence-corrected chi connectivity index (χ2v) is 12.1. The van der Waals surface area contributed by atoms with Gasteiger partial charge in [0.05, 0.1) is 44.8 Å². The number of carbonyl (C=O) groups is 2. The Hall–Kier alpha value is -3.79. The normalized spacial score (nSPS) is 25.2. The molecule has 226 valence electrons. The van der Waals surface area contributed by atoms with E-state index in [2.05, 4.69) is 10.2 Å². The van der Waals surface area contributed by atoms with Gasteiger partial charge in [-0.15, -0.1) is 0 Å². The van der Waals surface area contributed by atoms with Gasteiger partial charge in [-0.2, -0.15) is 0 Å². The van der Waals surface area contributed by atoms with Crippen LogP contribution >= 0.6 is 0 Å². The summed E-state index contributed by atoms with van der Waals surface area (Å²) in [5.74, 6) is 0.179. The number of quaternary nitrogens is 1. The van der Waals surface area contributed by atoms with E-state index in [1.54, 1.807) is 19.2 Å². The Labute approximate surface area is 252 Å². The fourth-order valence-electron chi connectivity index (χ4n) is 6.79. The fourth-order valence-corrected chi connectivity index (χ4v) is 6.79. The van der Waals surface area contributed by atoms with E-state index in [-0.39, 0.29) is 29.6 Å². The van der Waals surface area contributed by atoms with Gasteiger partial charge >= 0.3 is 0 Å². The van der Waals surface area contributed by atoms with E-state index in [0.717, 1.165) is 66.3 Å². The summed E-state index contributed by atoms with van der Waals surface area (Å²) in [5, 5.41) is 13.8. The molecule has 3 unspecified atom stereocenters. The van der Waals surface area contributed by atoms with Crippen molar-refractivity contribution in [2.24, 2.45) is 5.92 Å². The number of aliphatic hydroxyl groups is 1. The number of nitrogens with one attached hydrogen (secondary N) is 1. The van der Waals surface area contributed by atoms with Crippen molar-refractivity contribution in [1.82, 2.24) is 10.2 Å². The van der Waals surface area contributed by atoms with Gasteiger partial charge in [0, 0.05) is 31.9 Å². The number of aliphatic hydroxyl groups excluding tert-OH is 1. The Morgan fingerprint density at radius 2 is 1.65 bits per heavy atom. The Balaban J connectivity index is 1.11. The second kappa shape index (κ2) is 12.4. The molecule has 2 bridgehead atoms. The maximum atomic E-state index is 13.5. The number of hydrogen-bond donors (Lipinski definition) is 2. The SMILES string of the molecule is COc1ccc(C2C(CCC(O)c3ccc(F)cc3)C(=O)N2c2ccc(CNC(=O)C[N+]34CCN(CC3)CC4)cc2)cc1. The largest absolute Gasteiger partial charge is 0.497 e. The highest BCUT2D eigenvalue weighted by Crippen LogP contribution is 2.46. The first-order chi connectivity index (χ1) is 20.8. The molecule has 4 aliphatic rings. The molecule has 0 radical (unpaired) electrons. The van der Waals surface area contributed by atoms with Crippen LogP contribution in [-0.2, 0) is 16.1 Å². The molecular formula is C34H40FN4O4+. The van der Waals surface area contributed by atoms with Gasteiger partial charge in [0.1, 0.15) is 11.6 Å². The Morgan fingerprint density at radius 3 is 2.28 bits per heavy atom. The number of piperazine rings is 3. The summed E-state index contributed by atoms with van der Waals surface area (Å²) in [6.45, 7) is 7.38. The van der Waals surface area contributed by atoms with Crippen LogP contribution in [0.1, 0.15) is 41.7 Å². The molecule has 2 amide bonds. The number of fused-ring (bicyclic) bond motifs is 3. The predicted octanol–water partition coefficient (Wildman–Crippen LogP) is 3.81. The van der Waals surface area contributed by atoms with E-state index in [0.29, 0.717) is 31.5 Å². The summed E-state index contributed by atoms with van der Waals surface area (Å²) in [7, 11) is 1.62. The summed E-state index contributed by atoms with van der Waals surface area (Å²) in [4.78, 5) is 30.6. The summed E-state index contributed by atoms with van der Waals surface area (Å²) < 4.78 is 19.6. The fraction of sp³-hybridized carbons (Fsp3) is 0.412. The number of β-lactam (4-membered cyclic amide) rings is 1. The number of amides is 2. The lowest BCUT2D eigenvalue weighted by molar-refractivity contribution is -0.933. The van der Waals surface area contributed by atoms with Crippen molar-refractivity contribution in [3.05, 3.63) is 95.3 Å². The van der Waals surface area contributed by atoms with Gasteiger partial charge in [-0.05, 0) is 65.9 Å². The number of halogens is 1. The van der Waals surface area contributed by atoms with Crippen LogP contribution in [0.5, 0.6) is 5.75 Å². The highest BCUT2D eigenvalue weighted by atomic mass is 19.1. The highest BCUT2D eigenvalue weighted by molar-refractivity contribution is 6.03. The van der Waals surface area contributed by atoms with E-state index in [9.17, 15) is 19.1 Å². The van der Waals surface area contributed by atoms with Gasteiger partial charge in [0.2, 0.25) is 5.91 Å². The summed E-state index contributed by atoms with van der Waals surface area (Å²) in [6.07, 6.45) is 0.101. The predicted molar refractivity (Wildman–Crippen MR) is 162 cm³/mol. The Bertz CT molecular complexity index is 1410. The average molecular weight is 588 g/mol. The molecule has 4 heterocycles. The van der Waals surface area contributed by atoms with Crippen LogP contribution in [-0.4, -0.2) is 79.2 Å². The molecule has 0 spiro atoms. The molecule has 9 heteroatoms. The maximum Gasteiger partial charge on any atom is 0.275 e. The standard InChI is InChI=1S/C34H39FN4O4/c1-43-29-12-6-26(7-13-29)33-30(14-15-31(40)25-4-8-27(35)9-5-25)34(42)38(33)28-10-2-24(3-11-28)22-36-32(41)23-39-19-16-37(17-20-39)18-21-39/h2-13,30-31,33,40H,14-23H2,1H3/p+1. The van der Waals surface area contributed by atoms with Gasteiger partial charge in [0.15, 0.2) is 6.54 Å². The van der Waals surface area contributed by atoms with Crippen LogP contribution in [0.2, 0.25) is 0 Å². The summed E-state index contributed by atoms with van der Waals surface area (Å²) in [6, 6.07) is 21.2. The minimum Gasteiger partial charge on any atom is -0.497 e. The number of hydrogen-bond acceptors (Lipinski definition) is 5. The molecular weight excluding hydrogens is 547 g/mol. The molecule has 0 aliphatic carbocycles. The third-order valence-electron chi connectivity index (χ3n) is 9.53. The van der Waals surface area contributed by atoms with Crippen LogP contribution in [0.15, 0.2) is 72.8 Å². The van der Waals surface area contributed by atoms with Crippen molar-refractivity contribution in [2.75, 3.05) is 57.8 Å². The van der Waals surface area contributed by atoms with Crippen LogP contribution in [0.25, 0.3) is 0 Å². The molecule has 2 N–H and O–H groups in total. The van der Waals surface area contributed by atoms with Crippen LogP contribution in [0, 0.1) is 11.7 Å². The number of carbonyl (C=O) groups excluding carboxylic acids is 2. The lowest BCUT2D eigenvalue weighted by Gasteiger charge is -2.50. The molecule has 43 heavy (non-hydrogen) atoms. The number of rotatable bonds is 11. The third kappa shape index (κ3) is 6.30. The van der Waals surface area contributed by atoms with Gasteiger partial charge in [-0.3, -0.25) is 14.5 Å². The number of methoxy groups -OCH3 is 1. The number of ether oxygens (including phenoxy) is 1. The molecule has 4 saturated heterocycles. The highest BCUT2D eigenvalue weighted by Gasteiger charge is 2.48. The minimum absolute atomic E-state index is 0.00345. The molecule has 0 saturated carbocycles. The van der Waals surface area contributed by atoms with Crippen molar-refractivity contribution in [2.45, 2.75) is 31.5 Å². The molecule has 4 aliphatic heterocycles. The maximum absolute atomic E-state index is 13.5. The monoisotopic (exact) mass is 587 g/mol. The van der Waals surface area contributed by atoms with Crippen LogP contribution < -0.4 is 15.0 Å². The molecule has 7 rings (SSSR count). The van der Waals surface area contributed by atoms with Crippen LogP contribution in [0.4, 0.5) is 10.1 Å². The van der Waals surface area contributed by atoms with E-state index in [1.165, 1.54) is 12.1 Å². The van der Waals surface area contributed by atoms with E-state index in [1.807, 2.05) is 53.4 Å². The molecule has 3 aromatic carbocycles. The van der Waals surface area contributed by atoms with E-state index in [4.69, 9.17) is 4.74 Å². The lowest BCUT2D eigenvalue weighted by Crippen LogP contribution is -2.69. The Kier molecular flexibility index (Phi) is 8.47. The average Bonchev–Trinajstić information content (AvgIpc) is 3.04. The minimum atomic E-state index is -0.780. The first kappa shape index (κ1) is 29.3. The molecule has 8 nitrogen and oxygen atoms in total. The summed E-state index contributed by atoms with van der Waals surface area (Å²) in [5.41, 5.74) is 3.40. The van der Waals surface area contributed by atoms with Crippen LogP contribution in [0.3, 0.4) is 0 Å². The zero-order valence-corrected chi connectivity index (χ0v) is 24.6. The van der Waals surface area contributed by atoms with Gasteiger partial charge in [-0.1, -0.05) is 36.4 Å². The first-order valence-corrected chi connectivity index (χ1v) is 15.2. The molecule has 4 fully saturated rings. The van der Waals surface area contributed by atoms with Crippen molar-refractivity contribution < 1.29 is 28.3 Å². The molecule has 3 atom stereocenters. The smallest absolute Gasteiger partial charge is 0.275 e. The van der Waals surface area contributed by atoms with Gasteiger partial charge < -0.3 is 24.5 Å². The first-order valence-electron chi connectivity index (χ1n) is 15.2. The lowest BCUT2D eigenvalue weighted by atomic mass is 9.78. The van der Waals surface area contributed by atoms with Gasteiger partial charge in [-0.25, -0.2) is 4.39 Å². The second-order valence-electron chi connectivity index (χ2n) is 12.1. The topological polar surface area (TPSA) is 82.1 Å². The number of benzene rings is 3. The third-order valence-corrected chi connectivity index (χ3v) is 9.53. The zero-order chi connectivity index (χ0) is 30.0. The van der Waals surface area contributed by atoms with E-state index >= 15 is 0 Å². The van der Waals surface area contributed by atoms with Crippen molar-refractivity contribution in [3.8, 4) is 5.75 Å². The zero-order valence-electron chi connectivity index (χ0n) is 24.6. The van der Waals surface area contributed by atoms with Crippen molar-refractivity contribution in [1.29, 1.82) is 0 Å². The Morgan fingerprint density at radius 1 is 1.00 bits per heavy atom. The van der Waals surface area contributed by atoms with E-state index < -0.39 is 6.10 Å². The van der Waals surface area contributed by atoms with Gasteiger partial charge in [0.25, 0.3) is 5.91 Å². The molecule has 3 aromatic rings. The van der Waals surface area contributed by atoms with Crippen molar-refractivity contribution in [3.63, 3.8) is 0 Å². The number of anilines is 1. The van der Waals surface area contributed by atoms with Crippen molar-refractivity contribution >= 4 is 17.5 Å². The number of nitrogens with zero attached hydrogens (tertiary/aromatic N) is 3.